The highest BCUT2D eigenvalue weighted by Gasteiger charge is 2.06. The molecule has 0 saturated heterocycles. The Bertz CT molecular complexity index is 709. The lowest BCUT2D eigenvalue weighted by Gasteiger charge is -2.16. The molecule has 2 aromatic carbocycles. The summed E-state index contributed by atoms with van der Waals surface area (Å²) >= 11 is 0. The van der Waals surface area contributed by atoms with Gasteiger partial charge in [-0.25, -0.2) is 8.42 Å². The van der Waals surface area contributed by atoms with E-state index in [1.54, 1.807) is 12.1 Å². The number of hydrogen-bond acceptors (Lipinski definition) is 3. The molecular weight excluding hydrogens is 284 g/mol. The largest absolute Gasteiger partial charge is 0.378 e. The first-order chi connectivity index (χ1) is 9.83. The summed E-state index contributed by atoms with van der Waals surface area (Å²) in [5, 5.41) is 3.37. The monoisotopic (exact) mass is 304 g/mol. The van der Waals surface area contributed by atoms with Crippen molar-refractivity contribution in [1.29, 1.82) is 0 Å². The van der Waals surface area contributed by atoms with Gasteiger partial charge in [0.2, 0.25) is 10.0 Å². The predicted molar refractivity (Wildman–Crippen MR) is 88.1 cm³/mol. The maximum Gasteiger partial charge on any atom is 0.229 e. The van der Waals surface area contributed by atoms with Gasteiger partial charge in [-0.2, -0.15) is 0 Å². The van der Waals surface area contributed by atoms with E-state index in [4.69, 9.17) is 0 Å². The van der Waals surface area contributed by atoms with Gasteiger partial charge in [-0.05, 0) is 37.6 Å². The van der Waals surface area contributed by atoms with Gasteiger partial charge in [-0.3, -0.25) is 4.72 Å². The van der Waals surface area contributed by atoms with Crippen molar-refractivity contribution in [2.75, 3.05) is 16.3 Å². The van der Waals surface area contributed by atoms with E-state index in [0.717, 1.165) is 11.9 Å². The van der Waals surface area contributed by atoms with E-state index in [1.165, 1.54) is 11.1 Å². The molecule has 5 heteroatoms. The van der Waals surface area contributed by atoms with Crippen molar-refractivity contribution in [1.82, 2.24) is 0 Å². The Morgan fingerprint density at radius 3 is 2.24 bits per heavy atom. The van der Waals surface area contributed by atoms with Crippen molar-refractivity contribution >= 4 is 21.4 Å². The Kier molecular flexibility index (Phi) is 4.53. The van der Waals surface area contributed by atoms with Gasteiger partial charge in [0.05, 0.1) is 11.9 Å². The number of sulfonamides is 1. The molecule has 0 heterocycles. The van der Waals surface area contributed by atoms with Gasteiger partial charge < -0.3 is 5.32 Å². The third-order valence-corrected chi connectivity index (χ3v) is 3.73. The fourth-order valence-corrected chi connectivity index (χ4v) is 2.63. The summed E-state index contributed by atoms with van der Waals surface area (Å²) in [5.74, 6) is 0. The smallest absolute Gasteiger partial charge is 0.229 e. The summed E-state index contributed by atoms with van der Waals surface area (Å²) in [6.07, 6.45) is 1.14. The Labute approximate surface area is 126 Å². The van der Waals surface area contributed by atoms with Crippen LogP contribution < -0.4 is 10.0 Å². The van der Waals surface area contributed by atoms with Crippen LogP contribution in [-0.2, 0) is 10.0 Å². The van der Waals surface area contributed by atoms with E-state index < -0.39 is 10.0 Å². The topological polar surface area (TPSA) is 58.2 Å². The molecule has 0 radical (unpaired) electrons. The molecule has 1 atom stereocenters. The van der Waals surface area contributed by atoms with E-state index in [0.29, 0.717) is 5.69 Å². The number of nitrogens with one attached hydrogen (secondary N) is 2. The second kappa shape index (κ2) is 6.18. The first kappa shape index (κ1) is 15.4. The van der Waals surface area contributed by atoms with Gasteiger partial charge in [-0.1, -0.05) is 35.9 Å². The molecule has 112 valence electrons. The number of hydrogen-bond donors (Lipinski definition) is 2. The second-order valence-electron chi connectivity index (χ2n) is 5.23. The highest BCUT2D eigenvalue weighted by molar-refractivity contribution is 7.92. The van der Waals surface area contributed by atoms with Gasteiger partial charge in [0.25, 0.3) is 0 Å². The zero-order valence-corrected chi connectivity index (χ0v) is 13.2. The molecule has 0 aromatic heterocycles. The predicted octanol–water partition coefficient (Wildman–Crippen LogP) is 3.54. The Balaban J connectivity index is 2.12. The number of aryl methyl sites for hydroxylation is 1. The van der Waals surface area contributed by atoms with Crippen LogP contribution in [0.2, 0.25) is 0 Å². The molecular formula is C16H20N2O2S. The number of rotatable bonds is 5. The maximum absolute atomic E-state index is 11.3. The summed E-state index contributed by atoms with van der Waals surface area (Å²) in [5.41, 5.74) is 3.84. The van der Waals surface area contributed by atoms with Crippen LogP contribution >= 0.6 is 0 Å². The van der Waals surface area contributed by atoms with Gasteiger partial charge in [-0.15, -0.1) is 0 Å². The summed E-state index contributed by atoms with van der Waals surface area (Å²) in [6, 6.07) is 15.7. The molecule has 2 aromatic rings. The molecule has 2 N–H and O–H groups in total. The van der Waals surface area contributed by atoms with Crippen molar-refractivity contribution < 1.29 is 8.42 Å². The lowest BCUT2D eigenvalue weighted by Crippen LogP contribution is -2.10. The van der Waals surface area contributed by atoms with Crippen LogP contribution in [0.5, 0.6) is 0 Å². The van der Waals surface area contributed by atoms with Crippen LogP contribution in [0.4, 0.5) is 11.4 Å². The normalized spacial score (nSPS) is 12.7. The standard InChI is InChI=1S/C16H20N2O2S/c1-12-7-9-14(10-8-12)13(2)17-15-5-4-6-16(11-15)18-21(3,19)20/h4-11,13,17-18H,1-3H3. The molecule has 0 aliphatic rings. The van der Waals surface area contributed by atoms with Crippen LogP contribution in [0, 0.1) is 6.92 Å². The van der Waals surface area contributed by atoms with E-state index in [9.17, 15) is 8.42 Å². The summed E-state index contributed by atoms with van der Waals surface area (Å²) in [7, 11) is -3.26. The molecule has 1 unspecified atom stereocenters. The first-order valence-electron chi connectivity index (χ1n) is 6.74. The number of anilines is 2. The summed E-state index contributed by atoms with van der Waals surface area (Å²) < 4.78 is 25.0. The summed E-state index contributed by atoms with van der Waals surface area (Å²) in [6.45, 7) is 4.13. The molecule has 0 aliphatic heterocycles. The fourth-order valence-electron chi connectivity index (χ4n) is 2.08. The minimum absolute atomic E-state index is 0.138. The van der Waals surface area contributed by atoms with Crippen molar-refractivity contribution in [2.24, 2.45) is 0 Å². The minimum atomic E-state index is -3.26. The highest BCUT2D eigenvalue weighted by Crippen LogP contribution is 2.22. The second-order valence-corrected chi connectivity index (χ2v) is 6.98. The average Bonchev–Trinajstić information content (AvgIpc) is 2.37. The van der Waals surface area contributed by atoms with Gasteiger partial charge in [0.1, 0.15) is 0 Å². The Hall–Kier alpha value is -2.01. The molecule has 0 aliphatic carbocycles. The van der Waals surface area contributed by atoms with Crippen LogP contribution in [0.25, 0.3) is 0 Å². The lowest BCUT2D eigenvalue weighted by molar-refractivity contribution is 0.607. The van der Waals surface area contributed by atoms with Crippen LogP contribution in [-0.4, -0.2) is 14.7 Å². The van der Waals surface area contributed by atoms with Crippen molar-refractivity contribution in [3.05, 3.63) is 59.7 Å². The number of benzene rings is 2. The Morgan fingerprint density at radius 1 is 1.00 bits per heavy atom. The molecule has 0 fully saturated rings. The van der Waals surface area contributed by atoms with Crippen molar-refractivity contribution in [3.8, 4) is 0 Å². The van der Waals surface area contributed by atoms with Crippen LogP contribution in [0.3, 0.4) is 0 Å². The van der Waals surface area contributed by atoms with Gasteiger partial charge in [0.15, 0.2) is 0 Å². The zero-order chi connectivity index (χ0) is 15.5. The van der Waals surface area contributed by atoms with Crippen molar-refractivity contribution in [2.45, 2.75) is 19.9 Å². The Morgan fingerprint density at radius 2 is 1.62 bits per heavy atom. The van der Waals surface area contributed by atoms with E-state index in [2.05, 4.69) is 48.2 Å². The third kappa shape index (κ3) is 4.79. The molecule has 0 bridgehead atoms. The quantitative estimate of drug-likeness (QED) is 0.888. The van der Waals surface area contributed by atoms with Crippen molar-refractivity contribution in [3.63, 3.8) is 0 Å². The van der Waals surface area contributed by atoms with Gasteiger partial charge in [0, 0.05) is 11.7 Å². The molecule has 0 saturated carbocycles. The minimum Gasteiger partial charge on any atom is -0.378 e. The molecule has 4 nitrogen and oxygen atoms in total. The van der Waals surface area contributed by atoms with E-state index in [1.807, 2.05) is 12.1 Å². The molecule has 2 rings (SSSR count). The third-order valence-electron chi connectivity index (χ3n) is 3.13. The van der Waals surface area contributed by atoms with Crippen LogP contribution in [0.1, 0.15) is 24.1 Å². The maximum atomic E-state index is 11.3. The SMILES string of the molecule is Cc1ccc(C(C)Nc2cccc(NS(C)(=O)=O)c2)cc1. The molecule has 0 amide bonds. The summed E-state index contributed by atoms with van der Waals surface area (Å²) in [4.78, 5) is 0. The molecule has 0 spiro atoms. The van der Waals surface area contributed by atoms with Gasteiger partial charge >= 0.3 is 0 Å². The van der Waals surface area contributed by atoms with E-state index in [-0.39, 0.29) is 6.04 Å². The highest BCUT2D eigenvalue weighted by atomic mass is 32.2. The van der Waals surface area contributed by atoms with E-state index >= 15 is 0 Å². The average molecular weight is 304 g/mol. The fraction of sp³-hybridized carbons (Fsp3) is 0.250. The first-order valence-corrected chi connectivity index (χ1v) is 8.63. The zero-order valence-electron chi connectivity index (χ0n) is 12.4. The lowest BCUT2D eigenvalue weighted by atomic mass is 10.1. The van der Waals surface area contributed by atoms with Crippen LogP contribution in [0.15, 0.2) is 48.5 Å². The molecule has 21 heavy (non-hydrogen) atoms.